The highest BCUT2D eigenvalue weighted by molar-refractivity contribution is 9.09. The zero-order valence-electron chi connectivity index (χ0n) is 11.7. The van der Waals surface area contributed by atoms with E-state index in [9.17, 15) is 4.79 Å². The average Bonchev–Trinajstić information content (AvgIpc) is 2.77. The molecule has 0 N–H and O–H groups in total. The van der Waals surface area contributed by atoms with Crippen molar-refractivity contribution in [3.63, 3.8) is 0 Å². The summed E-state index contributed by atoms with van der Waals surface area (Å²) >= 11 is 3.41. The molecule has 0 aliphatic rings. The van der Waals surface area contributed by atoms with E-state index in [2.05, 4.69) is 15.9 Å². The minimum absolute atomic E-state index is 0.0163. The second-order valence-corrected chi connectivity index (χ2v) is 5.52. The van der Waals surface area contributed by atoms with E-state index in [4.69, 9.17) is 4.42 Å². The Kier molecular flexibility index (Phi) is 5.01. The van der Waals surface area contributed by atoms with Crippen LogP contribution in [-0.4, -0.2) is 22.7 Å². The molecule has 1 amide bonds. The van der Waals surface area contributed by atoms with Crippen molar-refractivity contribution in [1.29, 1.82) is 0 Å². The van der Waals surface area contributed by atoms with Gasteiger partial charge in [0.05, 0.1) is 5.56 Å². The smallest absolute Gasteiger partial charge is 0.257 e. The maximum Gasteiger partial charge on any atom is 0.257 e. The highest BCUT2D eigenvalue weighted by Gasteiger charge is 2.20. The molecule has 1 aromatic heterocycles. The predicted molar refractivity (Wildman–Crippen MR) is 83.2 cm³/mol. The van der Waals surface area contributed by atoms with Crippen LogP contribution in [0.4, 0.5) is 0 Å². The minimum atomic E-state index is 0.0163. The maximum absolute atomic E-state index is 12.6. The van der Waals surface area contributed by atoms with Gasteiger partial charge >= 0.3 is 0 Å². The van der Waals surface area contributed by atoms with Gasteiger partial charge < -0.3 is 9.32 Å². The molecule has 0 saturated heterocycles. The van der Waals surface area contributed by atoms with Crippen LogP contribution in [0.25, 0.3) is 0 Å². The quantitative estimate of drug-likeness (QED) is 0.775. The van der Waals surface area contributed by atoms with Crippen LogP contribution in [0.1, 0.15) is 27.4 Å². The molecule has 0 bridgehead atoms. The molecule has 0 fully saturated rings. The van der Waals surface area contributed by atoms with Crippen molar-refractivity contribution in [2.45, 2.75) is 20.4 Å². The summed E-state index contributed by atoms with van der Waals surface area (Å²) in [5, 5.41) is 0.751. The standard InChI is InChI=1S/C16H18BrNO2/c1-12-10-15(13(2)20-12)16(19)18(9-8-17)11-14-6-4-3-5-7-14/h3-7,10H,8-9,11H2,1-2H3. The van der Waals surface area contributed by atoms with Gasteiger partial charge in [-0.25, -0.2) is 0 Å². The first-order valence-electron chi connectivity index (χ1n) is 6.58. The summed E-state index contributed by atoms with van der Waals surface area (Å²) in [5.74, 6) is 1.46. The molecular weight excluding hydrogens is 318 g/mol. The van der Waals surface area contributed by atoms with E-state index in [1.165, 1.54) is 0 Å². The fraction of sp³-hybridized carbons (Fsp3) is 0.312. The largest absolute Gasteiger partial charge is 0.466 e. The lowest BCUT2D eigenvalue weighted by Crippen LogP contribution is -2.32. The van der Waals surface area contributed by atoms with E-state index in [1.807, 2.05) is 55.1 Å². The van der Waals surface area contributed by atoms with Crippen molar-refractivity contribution in [2.24, 2.45) is 0 Å². The molecule has 20 heavy (non-hydrogen) atoms. The molecular formula is C16H18BrNO2. The van der Waals surface area contributed by atoms with Gasteiger partial charge in [-0.2, -0.15) is 0 Å². The number of rotatable bonds is 5. The summed E-state index contributed by atoms with van der Waals surface area (Å²) < 4.78 is 5.45. The zero-order valence-corrected chi connectivity index (χ0v) is 13.3. The van der Waals surface area contributed by atoms with Crippen molar-refractivity contribution in [3.8, 4) is 0 Å². The number of carbonyl (C=O) groups excluding carboxylic acids is 1. The van der Waals surface area contributed by atoms with E-state index in [0.29, 0.717) is 24.4 Å². The first kappa shape index (κ1) is 14.9. The topological polar surface area (TPSA) is 33.5 Å². The molecule has 1 heterocycles. The number of alkyl halides is 1. The van der Waals surface area contributed by atoms with Gasteiger partial charge in [-0.3, -0.25) is 4.79 Å². The Bertz CT molecular complexity index is 577. The maximum atomic E-state index is 12.6. The van der Waals surface area contributed by atoms with Crippen molar-refractivity contribution in [3.05, 3.63) is 59.0 Å². The molecule has 0 unspecified atom stereocenters. The first-order valence-corrected chi connectivity index (χ1v) is 7.70. The SMILES string of the molecule is Cc1cc(C(=O)N(CCBr)Cc2ccccc2)c(C)o1. The van der Waals surface area contributed by atoms with Crippen LogP contribution in [0, 0.1) is 13.8 Å². The van der Waals surface area contributed by atoms with Gasteiger partial charge in [-0.1, -0.05) is 46.3 Å². The number of halogens is 1. The van der Waals surface area contributed by atoms with Gasteiger partial charge in [0.1, 0.15) is 11.5 Å². The van der Waals surface area contributed by atoms with Crippen LogP contribution in [-0.2, 0) is 6.54 Å². The Labute approximate surface area is 127 Å². The second kappa shape index (κ2) is 6.75. The third-order valence-electron chi connectivity index (χ3n) is 3.13. The van der Waals surface area contributed by atoms with Gasteiger partial charge in [0, 0.05) is 18.4 Å². The second-order valence-electron chi connectivity index (χ2n) is 4.73. The molecule has 0 saturated carbocycles. The van der Waals surface area contributed by atoms with Crippen LogP contribution in [0.3, 0.4) is 0 Å². The third-order valence-corrected chi connectivity index (χ3v) is 3.48. The molecule has 4 heteroatoms. The summed E-state index contributed by atoms with van der Waals surface area (Å²) in [6.45, 7) is 4.96. The van der Waals surface area contributed by atoms with Gasteiger partial charge in [-0.05, 0) is 25.5 Å². The summed E-state index contributed by atoms with van der Waals surface area (Å²) in [6.07, 6.45) is 0. The zero-order chi connectivity index (χ0) is 14.5. The van der Waals surface area contributed by atoms with Crippen LogP contribution < -0.4 is 0 Å². The number of furan rings is 1. The van der Waals surface area contributed by atoms with Gasteiger partial charge in [-0.15, -0.1) is 0 Å². The fourth-order valence-corrected chi connectivity index (χ4v) is 2.60. The number of nitrogens with zero attached hydrogens (tertiary/aromatic N) is 1. The summed E-state index contributed by atoms with van der Waals surface area (Å²) in [5.41, 5.74) is 1.78. The average molecular weight is 336 g/mol. The number of amides is 1. The Morgan fingerprint density at radius 2 is 1.95 bits per heavy atom. The molecule has 0 aliphatic carbocycles. The van der Waals surface area contributed by atoms with Crippen molar-refractivity contribution in [1.82, 2.24) is 4.90 Å². The third kappa shape index (κ3) is 3.51. The number of hydrogen-bond donors (Lipinski definition) is 0. The summed E-state index contributed by atoms with van der Waals surface area (Å²) in [7, 11) is 0. The Morgan fingerprint density at radius 1 is 1.25 bits per heavy atom. The lowest BCUT2D eigenvalue weighted by Gasteiger charge is -2.21. The van der Waals surface area contributed by atoms with Crippen LogP contribution in [0.2, 0.25) is 0 Å². The monoisotopic (exact) mass is 335 g/mol. The van der Waals surface area contributed by atoms with Gasteiger partial charge in [0.2, 0.25) is 0 Å². The molecule has 2 rings (SSSR count). The Morgan fingerprint density at radius 3 is 2.50 bits per heavy atom. The predicted octanol–water partition coefficient (Wildman–Crippen LogP) is 3.93. The van der Waals surface area contributed by atoms with Crippen LogP contribution >= 0.6 is 15.9 Å². The fourth-order valence-electron chi connectivity index (χ4n) is 2.17. The van der Waals surface area contributed by atoms with Crippen LogP contribution in [0.5, 0.6) is 0 Å². The summed E-state index contributed by atoms with van der Waals surface area (Å²) in [4.78, 5) is 14.5. The van der Waals surface area contributed by atoms with E-state index < -0.39 is 0 Å². The number of carbonyl (C=O) groups is 1. The molecule has 0 aliphatic heterocycles. The lowest BCUT2D eigenvalue weighted by molar-refractivity contribution is 0.0753. The van der Waals surface area contributed by atoms with Gasteiger partial charge in [0.15, 0.2) is 0 Å². The van der Waals surface area contributed by atoms with Gasteiger partial charge in [0.25, 0.3) is 5.91 Å². The van der Waals surface area contributed by atoms with E-state index in [1.54, 1.807) is 0 Å². The molecule has 0 spiro atoms. The van der Waals surface area contributed by atoms with E-state index in [-0.39, 0.29) is 5.91 Å². The summed E-state index contributed by atoms with van der Waals surface area (Å²) in [6, 6.07) is 11.8. The number of aryl methyl sites for hydroxylation is 2. The van der Waals surface area contributed by atoms with E-state index >= 15 is 0 Å². The van der Waals surface area contributed by atoms with E-state index in [0.717, 1.165) is 16.7 Å². The van der Waals surface area contributed by atoms with Crippen molar-refractivity contribution < 1.29 is 9.21 Å². The minimum Gasteiger partial charge on any atom is -0.466 e. The molecule has 3 nitrogen and oxygen atoms in total. The highest BCUT2D eigenvalue weighted by Crippen LogP contribution is 2.17. The molecule has 2 aromatic rings. The first-order chi connectivity index (χ1) is 9.61. The molecule has 0 radical (unpaired) electrons. The lowest BCUT2D eigenvalue weighted by atomic mass is 10.1. The Hall–Kier alpha value is -1.55. The molecule has 0 atom stereocenters. The number of hydrogen-bond acceptors (Lipinski definition) is 2. The Balaban J connectivity index is 2.20. The number of benzene rings is 1. The normalized spacial score (nSPS) is 10.6. The molecule has 106 valence electrons. The van der Waals surface area contributed by atoms with Crippen molar-refractivity contribution >= 4 is 21.8 Å². The highest BCUT2D eigenvalue weighted by atomic mass is 79.9. The van der Waals surface area contributed by atoms with Crippen LogP contribution in [0.15, 0.2) is 40.8 Å². The van der Waals surface area contributed by atoms with Crippen molar-refractivity contribution in [2.75, 3.05) is 11.9 Å². The molecule has 1 aromatic carbocycles.